The minimum Gasteiger partial charge on any atom is -0.397 e. The third-order valence-electron chi connectivity index (χ3n) is 1.91. The quantitative estimate of drug-likeness (QED) is 0.491. The van der Waals surface area contributed by atoms with Crippen LogP contribution in [0.2, 0.25) is 0 Å². The van der Waals surface area contributed by atoms with Crippen LogP contribution in [-0.4, -0.2) is 11.3 Å². The van der Waals surface area contributed by atoms with Gasteiger partial charge in [-0.1, -0.05) is 12.1 Å². The molecule has 0 bridgehead atoms. The second-order valence-corrected chi connectivity index (χ2v) is 2.63. The molecule has 0 aliphatic heterocycles. The third-order valence-corrected chi connectivity index (χ3v) is 1.91. The van der Waals surface area contributed by atoms with Crippen LogP contribution in [0.5, 0.6) is 0 Å². The summed E-state index contributed by atoms with van der Waals surface area (Å²) in [6.45, 7) is 0. The Hall–Kier alpha value is -1.77. The maximum Gasteiger partial charge on any atom is 0.152 e. The van der Waals surface area contributed by atoms with Gasteiger partial charge >= 0.3 is 0 Å². The minimum absolute atomic E-state index is 0.650. The third kappa shape index (κ3) is 0.797. The van der Waals surface area contributed by atoms with E-state index in [0.29, 0.717) is 11.3 Å². The summed E-state index contributed by atoms with van der Waals surface area (Å²) in [7, 11) is 0. The smallest absolute Gasteiger partial charge is 0.152 e. The van der Waals surface area contributed by atoms with Crippen LogP contribution in [0.15, 0.2) is 24.4 Å². The van der Waals surface area contributed by atoms with Crippen molar-refractivity contribution in [3.05, 3.63) is 30.0 Å². The second kappa shape index (κ2) is 2.37. The summed E-state index contributed by atoms with van der Waals surface area (Å²) in [5.74, 6) is 0. The number of H-pyrrole nitrogens is 1. The molecule has 3 nitrogen and oxygen atoms in total. The van der Waals surface area contributed by atoms with Gasteiger partial charge in [-0.3, -0.25) is 4.79 Å². The summed E-state index contributed by atoms with van der Waals surface area (Å²) < 4.78 is 0. The van der Waals surface area contributed by atoms with E-state index in [1.807, 2.05) is 12.1 Å². The van der Waals surface area contributed by atoms with Crippen LogP contribution < -0.4 is 5.73 Å². The van der Waals surface area contributed by atoms with E-state index in [9.17, 15) is 4.79 Å². The Morgan fingerprint density at radius 2 is 2.25 bits per heavy atom. The van der Waals surface area contributed by atoms with Crippen molar-refractivity contribution in [1.29, 1.82) is 0 Å². The predicted molar refractivity (Wildman–Crippen MR) is 48.1 cm³/mol. The zero-order valence-corrected chi connectivity index (χ0v) is 6.37. The largest absolute Gasteiger partial charge is 0.397 e. The molecule has 0 radical (unpaired) electrons. The number of carbonyl (C=O) groups excluding carboxylic acids is 1. The van der Waals surface area contributed by atoms with Crippen molar-refractivity contribution in [2.75, 3.05) is 5.73 Å². The lowest BCUT2D eigenvalue weighted by Gasteiger charge is -1.94. The molecular weight excluding hydrogens is 152 g/mol. The number of hydrogen-bond acceptors (Lipinski definition) is 2. The topological polar surface area (TPSA) is 58.9 Å². The molecule has 3 N–H and O–H groups in total. The number of aromatic amines is 1. The average Bonchev–Trinajstić information content (AvgIpc) is 2.49. The molecule has 2 rings (SSSR count). The fraction of sp³-hybridized carbons (Fsp3) is 0. The molecule has 0 amide bonds. The number of fused-ring (bicyclic) bond motifs is 1. The maximum atomic E-state index is 10.5. The van der Waals surface area contributed by atoms with E-state index in [1.54, 1.807) is 12.3 Å². The van der Waals surface area contributed by atoms with E-state index < -0.39 is 0 Å². The molecule has 0 atom stereocenters. The number of nitrogen functional groups attached to an aromatic ring is 1. The summed E-state index contributed by atoms with van der Waals surface area (Å²) in [4.78, 5) is 13.5. The maximum absolute atomic E-state index is 10.5. The Balaban J connectivity index is 2.88. The van der Waals surface area contributed by atoms with Crippen LogP contribution in [0, 0.1) is 0 Å². The number of anilines is 1. The molecule has 0 aliphatic carbocycles. The Morgan fingerprint density at radius 3 is 3.00 bits per heavy atom. The molecule has 0 fully saturated rings. The van der Waals surface area contributed by atoms with Gasteiger partial charge in [0, 0.05) is 17.1 Å². The van der Waals surface area contributed by atoms with Crippen LogP contribution in [0.4, 0.5) is 5.69 Å². The second-order valence-electron chi connectivity index (χ2n) is 2.63. The minimum atomic E-state index is 0.650. The fourth-order valence-corrected chi connectivity index (χ4v) is 1.30. The number of rotatable bonds is 1. The molecule has 0 unspecified atom stereocenters. The molecule has 0 saturated carbocycles. The first-order valence-corrected chi connectivity index (χ1v) is 3.63. The molecule has 0 spiro atoms. The van der Waals surface area contributed by atoms with Gasteiger partial charge in [0.2, 0.25) is 0 Å². The highest BCUT2D eigenvalue weighted by atomic mass is 16.1. The van der Waals surface area contributed by atoms with Gasteiger partial charge in [-0.25, -0.2) is 0 Å². The van der Waals surface area contributed by atoms with E-state index in [0.717, 1.165) is 17.2 Å². The molecule has 1 aromatic carbocycles. The first-order chi connectivity index (χ1) is 5.83. The number of nitrogens with two attached hydrogens (primary N) is 1. The lowest BCUT2D eigenvalue weighted by Crippen LogP contribution is -1.85. The van der Waals surface area contributed by atoms with E-state index in [1.165, 1.54) is 0 Å². The van der Waals surface area contributed by atoms with Crippen molar-refractivity contribution in [2.24, 2.45) is 0 Å². The molecule has 60 valence electrons. The van der Waals surface area contributed by atoms with Crippen molar-refractivity contribution in [2.45, 2.75) is 0 Å². The van der Waals surface area contributed by atoms with Gasteiger partial charge in [-0.05, 0) is 6.07 Å². The summed E-state index contributed by atoms with van der Waals surface area (Å²) in [6, 6.07) is 5.50. The van der Waals surface area contributed by atoms with Crippen LogP contribution in [0.1, 0.15) is 10.4 Å². The summed E-state index contributed by atoms with van der Waals surface area (Å²) in [6.07, 6.45) is 2.48. The molecule has 0 aliphatic rings. The summed E-state index contributed by atoms with van der Waals surface area (Å²) in [5, 5.41) is 0.880. The number of aromatic nitrogens is 1. The highest BCUT2D eigenvalue weighted by Gasteiger charge is 2.03. The van der Waals surface area contributed by atoms with E-state index in [2.05, 4.69) is 4.98 Å². The highest BCUT2D eigenvalue weighted by Crippen LogP contribution is 2.21. The molecular formula is C9H8N2O. The Bertz CT molecular complexity index is 431. The SMILES string of the molecule is Nc1cccc2c(C=O)c[nH]c12. The molecule has 2 aromatic rings. The standard InChI is InChI=1S/C9H8N2O/c10-8-3-1-2-7-6(5-12)4-11-9(7)8/h1-5,11H,10H2. The van der Waals surface area contributed by atoms with Gasteiger partial charge in [-0.2, -0.15) is 0 Å². The zero-order chi connectivity index (χ0) is 8.55. The van der Waals surface area contributed by atoms with Crippen LogP contribution in [0.25, 0.3) is 10.9 Å². The monoisotopic (exact) mass is 160 g/mol. The van der Waals surface area contributed by atoms with Gasteiger partial charge in [0.25, 0.3) is 0 Å². The first-order valence-electron chi connectivity index (χ1n) is 3.63. The molecule has 3 heteroatoms. The Kier molecular flexibility index (Phi) is 1.37. The predicted octanol–water partition coefficient (Wildman–Crippen LogP) is 1.56. The van der Waals surface area contributed by atoms with E-state index in [4.69, 9.17) is 5.73 Å². The number of aldehydes is 1. The number of para-hydroxylation sites is 1. The van der Waals surface area contributed by atoms with E-state index >= 15 is 0 Å². The van der Waals surface area contributed by atoms with Gasteiger partial charge in [0.15, 0.2) is 6.29 Å². The van der Waals surface area contributed by atoms with Crippen molar-refractivity contribution in [3.63, 3.8) is 0 Å². The number of hydrogen-bond donors (Lipinski definition) is 2. The summed E-state index contributed by atoms with van der Waals surface area (Å²) in [5.41, 5.74) is 7.83. The zero-order valence-electron chi connectivity index (χ0n) is 6.37. The van der Waals surface area contributed by atoms with Gasteiger partial charge in [-0.15, -0.1) is 0 Å². The lowest BCUT2D eigenvalue weighted by molar-refractivity contribution is 0.112. The molecule has 1 heterocycles. The molecule has 1 aromatic heterocycles. The Labute approximate surface area is 69.2 Å². The molecule has 0 saturated heterocycles. The van der Waals surface area contributed by atoms with Crippen molar-refractivity contribution < 1.29 is 4.79 Å². The van der Waals surface area contributed by atoms with Gasteiger partial charge in [0.1, 0.15) is 0 Å². The first kappa shape index (κ1) is 6.91. The average molecular weight is 160 g/mol. The highest BCUT2D eigenvalue weighted by molar-refractivity contribution is 6.01. The number of carbonyl (C=O) groups is 1. The van der Waals surface area contributed by atoms with E-state index in [-0.39, 0.29) is 0 Å². The normalized spacial score (nSPS) is 10.3. The summed E-state index contributed by atoms with van der Waals surface area (Å²) >= 11 is 0. The number of nitrogens with one attached hydrogen (secondary N) is 1. The van der Waals surface area contributed by atoms with Gasteiger partial charge in [0.05, 0.1) is 11.2 Å². The molecule has 12 heavy (non-hydrogen) atoms. The van der Waals surface area contributed by atoms with Crippen LogP contribution in [-0.2, 0) is 0 Å². The van der Waals surface area contributed by atoms with Gasteiger partial charge < -0.3 is 10.7 Å². The van der Waals surface area contributed by atoms with Crippen molar-refractivity contribution in [1.82, 2.24) is 4.98 Å². The van der Waals surface area contributed by atoms with Crippen LogP contribution in [0.3, 0.4) is 0 Å². The van der Waals surface area contributed by atoms with Crippen LogP contribution >= 0.6 is 0 Å². The lowest BCUT2D eigenvalue weighted by atomic mass is 10.2. The van der Waals surface area contributed by atoms with Crippen molar-refractivity contribution in [3.8, 4) is 0 Å². The van der Waals surface area contributed by atoms with Crippen molar-refractivity contribution >= 4 is 22.9 Å². The fourth-order valence-electron chi connectivity index (χ4n) is 1.30. The number of benzene rings is 1. The Morgan fingerprint density at radius 1 is 1.42 bits per heavy atom.